The van der Waals surface area contributed by atoms with Gasteiger partial charge in [0.1, 0.15) is 0 Å². The predicted octanol–water partition coefficient (Wildman–Crippen LogP) is -0.200. The highest BCUT2D eigenvalue weighted by Gasteiger charge is 2.52. The minimum atomic E-state index is -0.0632. The van der Waals surface area contributed by atoms with Crippen LogP contribution in [-0.4, -0.2) is 28.7 Å². The van der Waals surface area contributed by atoms with E-state index in [0.29, 0.717) is 12.1 Å². The smallest absolute Gasteiger partial charge is 0.0839 e. The van der Waals surface area contributed by atoms with Crippen molar-refractivity contribution in [2.24, 2.45) is 5.73 Å². The third-order valence-electron chi connectivity index (χ3n) is 2.55. The standard InChI is InChI=1S/C7H14IN3/c8-4-5-1-2-10-6-3-7(6,9)11-5/h5-6,10-11H,1-4,9H2/t5?,6-,7?/m1/s1. The van der Waals surface area contributed by atoms with Crippen LogP contribution in [0.25, 0.3) is 0 Å². The van der Waals surface area contributed by atoms with E-state index < -0.39 is 0 Å². The molecule has 2 rings (SSSR count). The SMILES string of the molecule is NC12C[C@H]1NCCC(CI)N2. The Labute approximate surface area is 80.6 Å². The normalized spacial score (nSPS) is 49.6. The summed E-state index contributed by atoms with van der Waals surface area (Å²) >= 11 is 2.41. The maximum atomic E-state index is 6.04. The monoisotopic (exact) mass is 267 g/mol. The van der Waals surface area contributed by atoms with Crippen LogP contribution in [0.5, 0.6) is 0 Å². The van der Waals surface area contributed by atoms with Crippen LogP contribution >= 0.6 is 22.6 Å². The maximum absolute atomic E-state index is 6.04. The Morgan fingerprint density at radius 1 is 1.64 bits per heavy atom. The van der Waals surface area contributed by atoms with E-state index in [9.17, 15) is 0 Å². The van der Waals surface area contributed by atoms with E-state index in [4.69, 9.17) is 5.73 Å². The van der Waals surface area contributed by atoms with Gasteiger partial charge in [0.15, 0.2) is 0 Å². The van der Waals surface area contributed by atoms with Crippen molar-refractivity contribution in [3.63, 3.8) is 0 Å². The molecular formula is C7H14IN3. The van der Waals surface area contributed by atoms with Crippen LogP contribution in [0.1, 0.15) is 12.8 Å². The van der Waals surface area contributed by atoms with Crippen molar-refractivity contribution < 1.29 is 0 Å². The van der Waals surface area contributed by atoms with Crippen molar-refractivity contribution in [3.8, 4) is 0 Å². The van der Waals surface area contributed by atoms with Gasteiger partial charge in [-0.15, -0.1) is 0 Å². The van der Waals surface area contributed by atoms with Gasteiger partial charge in [0, 0.05) is 16.5 Å². The lowest BCUT2D eigenvalue weighted by molar-refractivity contribution is 0.446. The molecule has 2 aliphatic rings. The summed E-state index contributed by atoms with van der Waals surface area (Å²) < 4.78 is 1.16. The second-order valence-electron chi connectivity index (χ2n) is 3.54. The Hall–Kier alpha value is 0.610. The number of alkyl halides is 1. The summed E-state index contributed by atoms with van der Waals surface area (Å²) in [5.41, 5.74) is 5.98. The van der Waals surface area contributed by atoms with Gasteiger partial charge in [0.05, 0.1) is 5.66 Å². The summed E-state index contributed by atoms with van der Waals surface area (Å²) in [6.45, 7) is 1.12. The molecule has 0 radical (unpaired) electrons. The number of halogens is 1. The van der Waals surface area contributed by atoms with Crippen LogP contribution in [0.15, 0.2) is 0 Å². The van der Waals surface area contributed by atoms with Crippen molar-refractivity contribution in [3.05, 3.63) is 0 Å². The molecule has 1 aliphatic heterocycles. The largest absolute Gasteiger partial charge is 0.312 e. The highest BCUT2D eigenvalue weighted by Crippen LogP contribution is 2.32. The second kappa shape index (κ2) is 2.83. The van der Waals surface area contributed by atoms with Gasteiger partial charge in [-0.2, -0.15) is 0 Å². The van der Waals surface area contributed by atoms with E-state index in [-0.39, 0.29) is 5.66 Å². The zero-order valence-corrected chi connectivity index (χ0v) is 8.60. The highest BCUT2D eigenvalue weighted by atomic mass is 127. The molecule has 1 heterocycles. The Balaban J connectivity index is 1.98. The van der Waals surface area contributed by atoms with E-state index in [1.807, 2.05) is 0 Å². The molecule has 0 spiro atoms. The molecule has 1 saturated heterocycles. The molecular weight excluding hydrogens is 253 g/mol. The first-order chi connectivity index (χ1) is 5.24. The molecule has 11 heavy (non-hydrogen) atoms. The first-order valence-corrected chi connectivity index (χ1v) is 5.63. The number of rotatable bonds is 1. The van der Waals surface area contributed by atoms with Gasteiger partial charge in [0.2, 0.25) is 0 Å². The van der Waals surface area contributed by atoms with Crippen molar-refractivity contribution >= 4 is 22.6 Å². The third-order valence-corrected chi connectivity index (χ3v) is 3.61. The average Bonchev–Trinajstić information content (AvgIpc) is 2.59. The van der Waals surface area contributed by atoms with E-state index in [1.54, 1.807) is 0 Å². The van der Waals surface area contributed by atoms with Crippen LogP contribution in [-0.2, 0) is 0 Å². The van der Waals surface area contributed by atoms with Crippen LogP contribution in [0.3, 0.4) is 0 Å². The van der Waals surface area contributed by atoms with Gasteiger partial charge in [-0.3, -0.25) is 5.32 Å². The van der Waals surface area contributed by atoms with Gasteiger partial charge in [0.25, 0.3) is 0 Å². The third kappa shape index (κ3) is 1.54. The summed E-state index contributed by atoms with van der Waals surface area (Å²) in [7, 11) is 0. The Bertz CT molecular complexity index is 164. The molecule has 64 valence electrons. The lowest BCUT2D eigenvalue weighted by Gasteiger charge is -2.18. The molecule has 1 aliphatic carbocycles. The first-order valence-electron chi connectivity index (χ1n) is 4.10. The fourth-order valence-electron chi connectivity index (χ4n) is 1.69. The van der Waals surface area contributed by atoms with Crippen LogP contribution in [0.2, 0.25) is 0 Å². The summed E-state index contributed by atoms with van der Waals surface area (Å²) in [6.07, 6.45) is 2.30. The van der Waals surface area contributed by atoms with E-state index in [0.717, 1.165) is 17.4 Å². The average molecular weight is 267 g/mol. The molecule has 1 saturated carbocycles. The summed E-state index contributed by atoms with van der Waals surface area (Å²) in [5, 5.41) is 6.92. The first kappa shape index (κ1) is 8.22. The van der Waals surface area contributed by atoms with Crippen molar-refractivity contribution in [2.75, 3.05) is 11.0 Å². The fourth-order valence-corrected chi connectivity index (χ4v) is 2.35. The molecule has 3 atom stereocenters. The van der Waals surface area contributed by atoms with Gasteiger partial charge >= 0.3 is 0 Å². The lowest BCUT2D eigenvalue weighted by Crippen LogP contribution is -2.49. The number of nitrogens with two attached hydrogens (primary N) is 1. The molecule has 2 fully saturated rings. The van der Waals surface area contributed by atoms with Crippen molar-refractivity contribution in [2.45, 2.75) is 30.6 Å². The molecule has 0 aromatic heterocycles. The number of fused-ring (bicyclic) bond motifs is 1. The zero-order chi connectivity index (χ0) is 7.90. The Morgan fingerprint density at radius 3 is 3.18 bits per heavy atom. The van der Waals surface area contributed by atoms with E-state index in [2.05, 4.69) is 33.2 Å². The molecule has 4 N–H and O–H groups in total. The lowest BCUT2D eigenvalue weighted by atomic mass is 10.2. The zero-order valence-electron chi connectivity index (χ0n) is 6.44. The van der Waals surface area contributed by atoms with Crippen molar-refractivity contribution in [1.29, 1.82) is 0 Å². The molecule has 4 heteroatoms. The minimum Gasteiger partial charge on any atom is -0.312 e. The summed E-state index contributed by atoms with van der Waals surface area (Å²) in [6, 6.07) is 1.15. The van der Waals surface area contributed by atoms with Crippen LogP contribution < -0.4 is 16.4 Å². The van der Waals surface area contributed by atoms with E-state index in [1.165, 1.54) is 6.42 Å². The molecule has 0 amide bonds. The summed E-state index contributed by atoms with van der Waals surface area (Å²) in [5.74, 6) is 0. The summed E-state index contributed by atoms with van der Waals surface area (Å²) in [4.78, 5) is 0. The predicted molar refractivity (Wildman–Crippen MR) is 53.8 cm³/mol. The number of nitrogens with one attached hydrogen (secondary N) is 2. The number of hydrogen-bond donors (Lipinski definition) is 3. The van der Waals surface area contributed by atoms with Crippen LogP contribution in [0, 0.1) is 0 Å². The van der Waals surface area contributed by atoms with Gasteiger partial charge in [-0.25, -0.2) is 0 Å². The topological polar surface area (TPSA) is 50.1 Å². The molecule has 2 unspecified atom stereocenters. The minimum absolute atomic E-state index is 0.0632. The Morgan fingerprint density at radius 2 is 2.45 bits per heavy atom. The Kier molecular flexibility index (Phi) is 2.11. The quantitative estimate of drug-likeness (QED) is 0.455. The van der Waals surface area contributed by atoms with Gasteiger partial charge in [-0.05, 0) is 19.4 Å². The van der Waals surface area contributed by atoms with Crippen LogP contribution in [0.4, 0.5) is 0 Å². The molecule has 0 aromatic carbocycles. The van der Waals surface area contributed by atoms with E-state index >= 15 is 0 Å². The molecule has 0 bridgehead atoms. The molecule has 3 nitrogen and oxygen atoms in total. The fraction of sp³-hybridized carbons (Fsp3) is 1.00. The number of hydrogen-bond acceptors (Lipinski definition) is 3. The van der Waals surface area contributed by atoms with Gasteiger partial charge < -0.3 is 11.1 Å². The maximum Gasteiger partial charge on any atom is 0.0839 e. The second-order valence-corrected chi connectivity index (χ2v) is 4.42. The van der Waals surface area contributed by atoms with Crippen molar-refractivity contribution in [1.82, 2.24) is 10.6 Å². The van der Waals surface area contributed by atoms with Gasteiger partial charge in [-0.1, -0.05) is 22.6 Å². The highest BCUT2D eigenvalue weighted by molar-refractivity contribution is 14.1. The molecule has 0 aromatic rings.